The number of hydrogen-bond acceptors (Lipinski definition) is 6. The molecule has 0 spiro atoms. The van der Waals surface area contributed by atoms with Crippen molar-refractivity contribution in [3.63, 3.8) is 0 Å². The van der Waals surface area contributed by atoms with Crippen molar-refractivity contribution in [3.8, 4) is 5.69 Å². The van der Waals surface area contributed by atoms with Gasteiger partial charge in [-0.15, -0.1) is 0 Å². The summed E-state index contributed by atoms with van der Waals surface area (Å²) in [4.78, 5) is 43.5. The first-order chi connectivity index (χ1) is 17.5. The predicted octanol–water partition coefficient (Wildman–Crippen LogP) is 4.31. The van der Waals surface area contributed by atoms with E-state index in [0.717, 1.165) is 44.5 Å². The number of benzene rings is 2. The first kappa shape index (κ1) is 24.9. The SMILES string of the molecule is CCCCC(NC(=O)c1ccc(-n2ccnc2)c([N+](=O)[O-])c1)C(=O)Nc1cccc(N2CCCC2)c1. The number of nitrogens with zero attached hydrogens (tertiary/aromatic N) is 4. The second-order valence-electron chi connectivity index (χ2n) is 8.83. The van der Waals surface area contributed by atoms with Crippen LogP contribution >= 0.6 is 0 Å². The molecule has 188 valence electrons. The van der Waals surface area contributed by atoms with Crippen molar-refractivity contribution in [1.82, 2.24) is 14.9 Å². The molecule has 36 heavy (non-hydrogen) atoms. The zero-order valence-electron chi connectivity index (χ0n) is 20.2. The molecule has 4 rings (SSSR count). The Hall–Kier alpha value is -4.21. The maximum absolute atomic E-state index is 13.1. The molecule has 1 atom stereocenters. The summed E-state index contributed by atoms with van der Waals surface area (Å²) in [7, 11) is 0. The lowest BCUT2D eigenvalue weighted by molar-refractivity contribution is -0.384. The number of nitro groups is 1. The smallest absolute Gasteiger partial charge is 0.294 e. The fourth-order valence-corrected chi connectivity index (χ4v) is 4.33. The molecule has 10 nitrogen and oxygen atoms in total. The topological polar surface area (TPSA) is 122 Å². The minimum Gasteiger partial charge on any atom is -0.371 e. The molecular formula is C26H30N6O4. The number of amides is 2. The Morgan fingerprint density at radius 2 is 1.97 bits per heavy atom. The minimum atomic E-state index is -0.778. The summed E-state index contributed by atoms with van der Waals surface area (Å²) in [6, 6.07) is 11.2. The maximum Gasteiger partial charge on any atom is 0.294 e. The van der Waals surface area contributed by atoms with Gasteiger partial charge in [-0.25, -0.2) is 4.98 Å². The molecule has 1 aromatic heterocycles. The minimum absolute atomic E-state index is 0.107. The monoisotopic (exact) mass is 490 g/mol. The normalized spacial score (nSPS) is 13.9. The second-order valence-corrected chi connectivity index (χ2v) is 8.83. The summed E-state index contributed by atoms with van der Waals surface area (Å²) in [5.74, 6) is -0.864. The lowest BCUT2D eigenvalue weighted by atomic mass is 10.1. The molecule has 1 saturated heterocycles. The number of carbonyl (C=O) groups is 2. The average Bonchev–Trinajstić information content (AvgIpc) is 3.61. The number of unbranched alkanes of at least 4 members (excludes halogenated alkanes) is 1. The van der Waals surface area contributed by atoms with Gasteiger partial charge in [-0.1, -0.05) is 25.8 Å². The first-order valence-electron chi connectivity index (χ1n) is 12.2. The Morgan fingerprint density at radius 3 is 2.67 bits per heavy atom. The van der Waals surface area contributed by atoms with Crippen LogP contribution in [0.3, 0.4) is 0 Å². The van der Waals surface area contributed by atoms with Crippen LogP contribution in [0.1, 0.15) is 49.4 Å². The highest BCUT2D eigenvalue weighted by molar-refractivity contribution is 6.01. The van der Waals surface area contributed by atoms with Gasteiger partial charge in [0.1, 0.15) is 11.7 Å². The lowest BCUT2D eigenvalue weighted by Gasteiger charge is -2.21. The first-order valence-corrected chi connectivity index (χ1v) is 12.2. The summed E-state index contributed by atoms with van der Waals surface area (Å²) in [6.45, 7) is 4.01. The number of nitro benzene ring substituents is 1. The molecule has 0 bridgehead atoms. The highest BCUT2D eigenvalue weighted by Gasteiger charge is 2.24. The van der Waals surface area contributed by atoms with E-state index in [1.165, 1.54) is 35.3 Å². The van der Waals surface area contributed by atoms with Crippen LogP contribution in [0, 0.1) is 10.1 Å². The molecular weight excluding hydrogens is 460 g/mol. The van der Waals surface area contributed by atoms with Gasteiger partial charge < -0.3 is 20.1 Å². The van der Waals surface area contributed by atoms with Gasteiger partial charge in [0.15, 0.2) is 0 Å². The molecule has 2 aromatic carbocycles. The largest absolute Gasteiger partial charge is 0.371 e. The van der Waals surface area contributed by atoms with Crippen molar-refractivity contribution in [2.24, 2.45) is 0 Å². The van der Waals surface area contributed by atoms with E-state index in [-0.39, 0.29) is 17.2 Å². The summed E-state index contributed by atoms with van der Waals surface area (Å²) >= 11 is 0. The number of anilines is 2. The fraction of sp³-hybridized carbons (Fsp3) is 0.346. The number of aromatic nitrogens is 2. The van der Waals surface area contributed by atoms with Crippen LogP contribution in [0.4, 0.5) is 17.1 Å². The van der Waals surface area contributed by atoms with Crippen molar-refractivity contribution >= 4 is 28.9 Å². The number of nitrogens with one attached hydrogen (secondary N) is 2. The number of imidazole rings is 1. The van der Waals surface area contributed by atoms with Crippen LogP contribution in [-0.2, 0) is 4.79 Å². The van der Waals surface area contributed by atoms with Crippen LogP contribution in [0.5, 0.6) is 0 Å². The standard InChI is InChI=1S/C26H30N6O4/c1-2-3-9-22(26(34)28-20-7-6-8-21(17-20)30-13-4-5-14-30)29-25(33)19-10-11-23(24(16-19)32(35)36)31-15-12-27-18-31/h6-8,10-12,15-18,22H,2-5,9,13-14H2,1H3,(H,28,34)(H,29,33). The van der Waals surface area contributed by atoms with Gasteiger partial charge in [-0.05, 0) is 49.6 Å². The Balaban J connectivity index is 1.50. The van der Waals surface area contributed by atoms with Crippen molar-refractivity contribution in [1.29, 1.82) is 0 Å². The molecule has 1 aliphatic rings. The lowest BCUT2D eigenvalue weighted by Crippen LogP contribution is -2.43. The molecule has 3 aromatic rings. The average molecular weight is 491 g/mol. The molecule has 1 unspecified atom stereocenters. The van der Waals surface area contributed by atoms with E-state index in [0.29, 0.717) is 17.8 Å². The van der Waals surface area contributed by atoms with E-state index >= 15 is 0 Å². The highest BCUT2D eigenvalue weighted by atomic mass is 16.6. The summed E-state index contributed by atoms with van der Waals surface area (Å²) in [6.07, 6.45) is 8.92. The third kappa shape index (κ3) is 5.88. The summed E-state index contributed by atoms with van der Waals surface area (Å²) < 4.78 is 1.51. The van der Waals surface area contributed by atoms with E-state index in [9.17, 15) is 19.7 Å². The van der Waals surface area contributed by atoms with Gasteiger partial charge in [0.2, 0.25) is 5.91 Å². The van der Waals surface area contributed by atoms with Crippen LogP contribution in [-0.4, -0.2) is 45.4 Å². The van der Waals surface area contributed by atoms with Crippen molar-refractivity contribution in [2.75, 3.05) is 23.3 Å². The van der Waals surface area contributed by atoms with Gasteiger partial charge in [-0.3, -0.25) is 19.7 Å². The Kier molecular flexibility index (Phi) is 7.94. The fourth-order valence-electron chi connectivity index (χ4n) is 4.33. The van der Waals surface area contributed by atoms with E-state index in [1.54, 1.807) is 6.20 Å². The number of hydrogen-bond donors (Lipinski definition) is 2. The van der Waals surface area contributed by atoms with Crippen LogP contribution in [0.25, 0.3) is 5.69 Å². The zero-order chi connectivity index (χ0) is 25.5. The Labute approximate surface area is 209 Å². The van der Waals surface area contributed by atoms with E-state index in [2.05, 4.69) is 20.5 Å². The summed E-state index contributed by atoms with van der Waals surface area (Å²) in [5, 5.41) is 17.4. The third-order valence-corrected chi connectivity index (χ3v) is 6.27. The van der Waals surface area contributed by atoms with Crippen molar-refractivity contribution in [3.05, 3.63) is 76.9 Å². The zero-order valence-corrected chi connectivity index (χ0v) is 20.2. The molecule has 2 N–H and O–H groups in total. The molecule has 2 heterocycles. The molecule has 1 fully saturated rings. The van der Waals surface area contributed by atoms with E-state index in [1.807, 2.05) is 31.2 Å². The van der Waals surface area contributed by atoms with Gasteiger partial charge in [0, 0.05) is 48.5 Å². The molecule has 2 amide bonds. The Bertz CT molecular complexity index is 1220. The highest BCUT2D eigenvalue weighted by Crippen LogP contribution is 2.25. The van der Waals surface area contributed by atoms with E-state index < -0.39 is 16.9 Å². The van der Waals surface area contributed by atoms with E-state index in [4.69, 9.17) is 0 Å². The van der Waals surface area contributed by atoms with Crippen molar-refractivity contribution < 1.29 is 14.5 Å². The summed E-state index contributed by atoms with van der Waals surface area (Å²) in [5.41, 5.74) is 1.90. The molecule has 1 aliphatic heterocycles. The van der Waals surface area contributed by atoms with Crippen LogP contribution < -0.4 is 15.5 Å². The van der Waals surface area contributed by atoms with Crippen LogP contribution in [0.15, 0.2) is 61.2 Å². The van der Waals surface area contributed by atoms with Gasteiger partial charge in [0.05, 0.1) is 11.3 Å². The second kappa shape index (κ2) is 11.5. The predicted molar refractivity (Wildman–Crippen MR) is 138 cm³/mol. The Morgan fingerprint density at radius 1 is 1.17 bits per heavy atom. The van der Waals surface area contributed by atoms with Gasteiger partial charge in [-0.2, -0.15) is 0 Å². The molecule has 0 aliphatic carbocycles. The quantitative estimate of drug-likeness (QED) is 0.323. The molecule has 0 radical (unpaired) electrons. The maximum atomic E-state index is 13.1. The number of rotatable bonds is 10. The number of carbonyl (C=O) groups excluding carboxylic acids is 2. The van der Waals surface area contributed by atoms with Crippen molar-refractivity contribution in [2.45, 2.75) is 45.1 Å². The third-order valence-electron chi connectivity index (χ3n) is 6.27. The van der Waals surface area contributed by atoms with Gasteiger partial charge in [0.25, 0.3) is 11.6 Å². The van der Waals surface area contributed by atoms with Gasteiger partial charge >= 0.3 is 0 Å². The van der Waals surface area contributed by atoms with Crippen LogP contribution in [0.2, 0.25) is 0 Å². The molecule has 0 saturated carbocycles. The molecule has 10 heteroatoms.